The molecule has 19 heavy (non-hydrogen) atoms. The van der Waals surface area contributed by atoms with Gasteiger partial charge < -0.3 is 10.6 Å². The van der Waals surface area contributed by atoms with Crippen LogP contribution in [0.5, 0.6) is 0 Å². The Morgan fingerprint density at radius 2 is 2.42 bits per heavy atom. The van der Waals surface area contributed by atoms with Crippen molar-refractivity contribution in [3.8, 4) is 0 Å². The molecule has 0 spiro atoms. The summed E-state index contributed by atoms with van der Waals surface area (Å²) in [6, 6.07) is 0. The number of hydrogen-bond acceptors (Lipinski definition) is 4. The van der Waals surface area contributed by atoms with Crippen LogP contribution in [0.4, 0.5) is 5.69 Å². The largest absolute Gasteiger partial charge is 0.382 e. The van der Waals surface area contributed by atoms with Gasteiger partial charge in [-0.25, -0.2) is 4.68 Å². The highest BCUT2D eigenvalue weighted by molar-refractivity contribution is 6.32. The molecule has 0 amide bonds. The Morgan fingerprint density at radius 1 is 1.63 bits per heavy atom. The van der Waals surface area contributed by atoms with Gasteiger partial charge in [0.15, 0.2) is 0 Å². The Bertz CT molecular complexity index is 480. The molecule has 5 nitrogen and oxygen atoms in total. The molecule has 1 aliphatic rings. The molecule has 1 aliphatic heterocycles. The van der Waals surface area contributed by atoms with E-state index in [9.17, 15) is 4.79 Å². The molecule has 0 saturated carbocycles. The molecule has 106 valence electrons. The molecule has 1 atom stereocenters. The molecule has 2 rings (SSSR count). The summed E-state index contributed by atoms with van der Waals surface area (Å²) in [6.07, 6.45) is 2.80. The van der Waals surface area contributed by atoms with Crippen molar-refractivity contribution >= 4 is 17.3 Å². The van der Waals surface area contributed by atoms with Gasteiger partial charge in [0.2, 0.25) is 0 Å². The molecule has 1 aromatic heterocycles. The van der Waals surface area contributed by atoms with Crippen LogP contribution in [-0.2, 0) is 6.54 Å². The summed E-state index contributed by atoms with van der Waals surface area (Å²) >= 11 is 6.12. The highest BCUT2D eigenvalue weighted by Gasteiger charge is 2.15. The van der Waals surface area contributed by atoms with Crippen LogP contribution in [0.2, 0.25) is 5.02 Å². The summed E-state index contributed by atoms with van der Waals surface area (Å²) in [7, 11) is 0. The lowest BCUT2D eigenvalue weighted by Gasteiger charge is -2.13. The minimum atomic E-state index is -0.218. The summed E-state index contributed by atoms with van der Waals surface area (Å²) in [5.74, 6) is 0.957. The second-order valence-corrected chi connectivity index (χ2v) is 5.87. The first-order valence-corrected chi connectivity index (χ1v) is 7.16. The standard InChI is InChI=1S/C13H21ClN4O/c1-9(2)8-18-13(19)12(14)11(7-17-18)16-6-10-3-4-15-5-10/h7,9-10,15-16H,3-6,8H2,1-2H3. The molecule has 1 aromatic rings. The summed E-state index contributed by atoms with van der Waals surface area (Å²) in [4.78, 5) is 12.0. The zero-order chi connectivity index (χ0) is 13.8. The summed E-state index contributed by atoms with van der Waals surface area (Å²) < 4.78 is 1.43. The van der Waals surface area contributed by atoms with Crippen LogP contribution in [0.1, 0.15) is 20.3 Å². The molecule has 1 saturated heterocycles. The number of anilines is 1. The Balaban J connectivity index is 2.05. The number of nitrogens with one attached hydrogen (secondary N) is 2. The van der Waals surface area contributed by atoms with Crippen molar-refractivity contribution in [3.05, 3.63) is 21.6 Å². The van der Waals surface area contributed by atoms with E-state index in [1.807, 2.05) is 13.8 Å². The Morgan fingerprint density at radius 3 is 3.05 bits per heavy atom. The Labute approximate surface area is 118 Å². The molecule has 1 fully saturated rings. The predicted molar refractivity (Wildman–Crippen MR) is 77.8 cm³/mol. The Kier molecular flexibility index (Phi) is 4.82. The first kappa shape index (κ1) is 14.3. The highest BCUT2D eigenvalue weighted by Crippen LogP contribution is 2.17. The monoisotopic (exact) mass is 284 g/mol. The summed E-state index contributed by atoms with van der Waals surface area (Å²) in [5.41, 5.74) is 0.420. The van der Waals surface area contributed by atoms with Gasteiger partial charge in [0.25, 0.3) is 5.56 Å². The van der Waals surface area contributed by atoms with Crippen LogP contribution < -0.4 is 16.2 Å². The van der Waals surface area contributed by atoms with E-state index >= 15 is 0 Å². The number of rotatable bonds is 5. The van der Waals surface area contributed by atoms with Gasteiger partial charge in [0.05, 0.1) is 11.9 Å². The predicted octanol–water partition coefficient (Wildman–Crippen LogP) is 1.57. The molecule has 2 N–H and O–H groups in total. The van der Waals surface area contributed by atoms with Gasteiger partial charge in [-0.15, -0.1) is 0 Å². The number of hydrogen-bond donors (Lipinski definition) is 2. The lowest BCUT2D eigenvalue weighted by atomic mass is 10.1. The third-order valence-corrected chi connectivity index (χ3v) is 3.63. The third-order valence-electron chi connectivity index (χ3n) is 3.27. The third kappa shape index (κ3) is 3.70. The van der Waals surface area contributed by atoms with Gasteiger partial charge in [-0.1, -0.05) is 25.4 Å². The fourth-order valence-corrected chi connectivity index (χ4v) is 2.42. The molecular formula is C13H21ClN4O. The first-order valence-electron chi connectivity index (χ1n) is 6.78. The van der Waals surface area contributed by atoms with E-state index in [0.717, 1.165) is 26.1 Å². The van der Waals surface area contributed by atoms with Gasteiger partial charge >= 0.3 is 0 Å². The van der Waals surface area contributed by atoms with Crippen molar-refractivity contribution in [2.45, 2.75) is 26.8 Å². The second-order valence-electron chi connectivity index (χ2n) is 5.49. The maximum atomic E-state index is 12.0. The van der Waals surface area contributed by atoms with Crippen molar-refractivity contribution in [1.82, 2.24) is 15.1 Å². The van der Waals surface area contributed by atoms with Crippen LogP contribution in [0.15, 0.2) is 11.0 Å². The normalized spacial score (nSPS) is 19.1. The molecule has 1 unspecified atom stereocenters. The zero-order valence-corrected chi connectivity index (χ0v) is 12.2. The summed E-state index contributed by atoms with van der Waals surface area (Å²) in [5, 5.41) is 10.9. The number of nitrogens with zero attached hydrogens (tertiary/aromatic N) is 2. The minimum absolute atomic E-state index is 0.218. The number of aromatic nitrogens is 2. The highest BCUT2D eigenvalue weighted by atomic mass is 35.5. The van der Waals surface area contributed by atoms with E-state index in [1.165, 1.54) is 4.68 Å². The van der Waals surface area contributed by atoms with Gasteiger partial charge in [-0.3, -0.25) is 4.79 Å². The molecule has 6 heteroatoms. The van der Waals surface area contributed by atoms with Crippen molar-refractivity contribution in [2.75, 3.05) is 25.0 Å². The van der Waals surface area contributed by atoms with Crippen molar-refractivity contribution < 1.29 is 0 Å². The quantitative estimate of drug-likeness (QED) is 0.862. The fraction of sp³-hybridized carbons (Fsp3) is 0.692. The SMILES string of the molecule is CC(C)Cn1ncc(NCC2CCNC2)c(Cl)c1=O. The topological polar surface area (TPSA) is 59.0 Å². The average Bonchev–Trinajstić information content (AvgIpc) is 2.87. The van der Waals surface area contributed by atoms with Crippen LogP contribution in [0, 0.1) is 11.8 Å². The summed E-state index contributed by atoms with van der Waals surface area (Å²) in [6.45, 7) is 7.58. The lowest BCUT2D eigenvalue weighted by molar-refractivity contribution is 0.464. The molecule has 2 heterocycles. The van der Waals surface area contributed by atoms with Crippen LogP contribution >= 0.6 is 11.6 Å². The van der Waals surface area contributed by atoms with Crippen LogP contribution in [-0.4, -0.2) is 29.4 Å². The van der Waals surface area contributed by atoms with Gasteiger partial charge in [0.1, 0.15) is 5.02 Å². The molecule has 0 bridgehead atoms. The zero-order valence-electron chi connectivity index (χ0n) is 11.4. The van der Waals surface area contributed by atoms with Crippen LogP contribution in [0.25, 0.3) is 0 Å². The van der Waals surface area contributed by atoms with E-state index in [4.69, 9.17) is 11.6 Å². The van der Waals surface area contributed by atoms with E-state index in [1.54, 1.807) is 6.20 Å². The minimum Gasteiger partial charge on any atom is -0.382 e. The first-order chi connectivity index (χ1) is 9.08. The fourth-order valence-electron chi connectivity index (χ4n) is 2.21. The van der Waals surface area contributed by atoms with E-state index in [0.29, 0.717) is 24.1 Å². The van der Waals surface area contributed by atoms with E-state index < -0.39 is 0 Å². The molecule has 0 radical (unpaired) electrons. The van der Waals surface area contributed by atoms with Crippen LogP contribution in [0.3, 0.4) is 0 Å². The number of halogens is 1. The molecular weight excluding hydrogens is 264 g/mol. The molecule has 0 aliphatic carbocycles. The smallest absolute Gasteiger partial charge is 0.287 e. The Hall–Kier alpha value is -1.07. The molecule has 0 aromatic carbocycles. The van der Waals surface area contributed by atoms with Gasteiger partial charge in [-0.2, -0.15) is 5.10 Å². The second kappa shape index (κ2) is 6.39. The van der Waals surface area contributed by atoms with E-state index in [2.05, 4.69) is 15.7 Å². The van der Waals surface area contributed by atoms with Crippen molar-refractivity contribution in [1.29, 1.82) is 0 Å². The maximum Gasteiger partial charge on any atom is 0.287 e. The maximum absolute atomic E-state index is 12.0. The van der Waals surface area contributed by atoms with Crippen molar-refractivity contribution in [2.24, 2.45) is 11.8 Å². The van der Waals surface area contributed by atoms with E-state index in [-0.39, 0.29) is 10.6 Å². The van der Waals surface area contributed by atoms with Crippen molar-refractivity contribution in [3.63, 3.8) is 0 Å². The van der Waals surface area contributed by atoms with Gasteiger partial charge in [0, 0.05) is 13.1 Å². The van der Waals surface area contributed by atoms with Gasteiger partial charge in [-0.05, 0) is 31.3 Å². The average molecular weight is 285 g/mol. The lowest BCUT2D eigenvalue weighted by Crippen LogP contribution is -2.27.